The quantitative estimate of drug-likeness (QED) is 0.825. The van der Waals surface area contributed by atoms with Gasteiger partial charge in [-0.25, -0.2) is 4.79 Å². The zero-order chi connectivity index (χ0) is 13.9. The van der Waals surface area contributed by atoms with Crippen LogP contribution in [0.4, 0.5) is 4.79 Å². The van der Waals surface area contributed by atoms with Crippen LogP contribution >= 0.6 is 0 Å². The number of hydrogen-bond donors (Lipinski definition) is 2. The van der Waals surface area contributed by atoms with Gasteiger partial charge in [0.1, 0.15) is 0 Å². The van der Waals surface area contributed by atoms with Gasteiger partial charge in [0.15, 0.2) is 0 Å². The molecule has 2 saturated carbocycles. The first kappa shape index (κ1) is 13.7. The molecule has 1 atom stereocenters. The Morgan fingerprint density at radius 1 is 0.850 bits per heavy atom. The van der Waals surface area contributed by atoms with Crippen LogP contribution in [0.3, 0.4) is 0 Å². The van der Waals surface area contributed by atoms with Crippen molar-refractivity contribution in [1.82, 2.24) is 15.5 Å². The van der Waals surface area contributed by atoms with E-state index in [2.05, 4.69) is 10.6 Å². The molecule has 3 aliphatic rings. The van der Waals surface area contributed by atoms with E-state index in [1.807, 2.05) is 4.90 Å². The first-order valence-corrected chi connectivity index (χ1v) is 8.08. The van der Waals surface area contributed by atoms with Crippen molar-refractivity contribution in [3.8, 4) is 0 Å². The molecule has 0 aromatic heterocycles. The summed E-state index contributed by atoms with van der Waals surface area (Å²) in [4.78, 5) is 25.8. The topological polar surface area (TPSA) is 61.4 Å². The molecule has 3 fully saturated rings. The third-order valence-corrected chi connectivity index (χ3v) is 4.70. The van der Waals surface area contributed by atoms with Crippen molar-refractivity contribution in [2.75, 3.05) is 13.1 Å². The van der Waals surface area contributed by atoms with Crippen LogP contribution in [0.1, 0.15) is 51.4 Å². The molecule has 112 valence electrons. The molecule has 1 heterocycles. The zero-order valence-electron chi connectivity index (χ0n) is 12.1. The highest BCUT2D eigenvalue weighted by Gasteiger charge is 2.36. The van der Waals surface area contributed by atoms with Crippen molar-refractivity contribution in [3.63, 3.8) is 0 Å². The number of hydrogen-bond acceptors (Lipinski definition) is 2. The largest absolute Gasteiger partial charge is 0.340 e. The smallest absolute Gasteiger partial charge is 0.315 e. The maximum Gasteiger partial charge on any atom is 0.315 e. The Hall–Kier alpha value is -1.26. The summed E-state index contributed by atoms with van der Waals surface area (Å²) in [6, 6.07) is 0.415. The van der Waals surface area contributed by atoms with Crippen molar-refractivity contribution in [2.24, 2.45) is 5.92 Å². The van der Waals surface area contributed by atoms with Gasteiger partial charge in [-0.2, -0.15) is 0 Å². The fraction of sp³-hybridized carbons (Fsp3) is 0.867. The average molecular weight is 279 g/mol. The SMILES string of the molecule is O=C(NC1CCCCC1)N[C@H]1CCN(C(=O)C2CC2)C1. The standard InChI is InChI=1S/C15H25N3O2/c19-14(11-6-7-11)18-9-8-13(10-18)17-15(20)16-12-4-2-1-3-5-12/h11-13H,1-10H2,(H2,16,17,20)/t13-/m0/s1. The first-order chi connectivity index (χ1) is 9.72. The zero-order valence-corrected chi connectivity index (χ0v) is 12.1. The molecular formula is C15H25N3O2. The minimum absolute atomic E-state index is 0.0531. The van der Waals surface area contributed by atoms with Gasteiger partial charge in [-0.05, 0) is 32.1 Å². The fourth-order valence-electron chi connectivity index (χ4n) is 3.33. The van der Waals surface area contributed by atoms with Crippen molar-refractivity contribution in [2.45, 2.75) is 63.5 Å². The lowest BCUT2D eigenvalue weighted by Gasteiger charge is -2.24. The summed E-state index contributed by atoms with van der Waals surface area (Å²) in [5.74, 6) is 0.576. The number of nitrogens with zero attached hydrogens (tertiary/aromatic N) is 1. The minimum atomic E-state index is -0.0531. The van der Waals surface area contributed by atoms with E-state index < -0.39 is 0 Å². The molecule has 0 aromatic rings. The maximum atomic E-state index is 12.0. The van der Waals surface area contributed by atoms with E-state index in [9.17, 15) is 9.59 Å². The third-order valence-electron chi connectivity index (χ3n) is 4.70. The lowest BCUT2D eigenvalue weighted by molar-refractivity contribution is -0.131. The Morgan fingerprint density at radius 3 is 2.25 bits per heavy atom. The summed E-state index contributed by atoms with van der Waals surface area (Å²) in [7, 11) is 0. The molecule has 0 unspecified atom stereocenters. The Bertz CT molecular complexity index is 375. The van der Waals surface area contributed by atoms with E-state index in [1.165, 1.54) is 19.3 Å². The monoisotopic (exact) mass is 279 g/mol. The van der Waals surface area contributed by atoms with Crippen LogP contribution in [0.2, 0.25) is 0 Å². The third kappa shape index (κ3) is 3.44. The minimum Gasteiger partial charge on any atom is -0.340 e. The lowest BCUT2D eigenvalue weighted by Crippen LogP contribution is -2.47. The Morgan fingerprint density at radius 2 is 1.55 bits per heavy atom. The Balaban J connectivity index is 1.39. The molecule has 5 heteroatoms. The van der Waals surface area contributed by atoms with E-state index in [4.69, 9.17) is 0 Å². The highest BCUT2D eigenvalue weighted by molar-refractivity contribution is 5.81. The molecular weight excluding hydrogens is 254 g/mol. The number of rotatable bonds is 3. The summed E-state index contributed by atoms with van der Waals surface area (Å²) in [5, 5.41) is 6.10. The van der Waals surface area contributed by atoms with Crippen molar-refractivity contribution >= 4 is 11.9 Å². The first-order valence-electron chi connectivity index (χ1n) is 8.08. The van der Waals surface area contributed by atoms with Crippen LogP contribution in [0, 0.1) is 5.92 Å². The van der Waals surface area contributed by atoms with E-state index in [1.54, 1.807) is 0 Å². The van der Waals surface area contributed by atoms with Gasteiger partial charge < -0.3 is 15.5 Å². The summed E-state index contributed by atoms with van der Waals surface area (Å²) < 4.78 is 0. The molecule has 0 bridgehead atoms. The molecule has 0 radical (unpaired) electrons. The average Bonchev–Trinajstić information content (AvgIpc) is 3.19. The van der Waals surface area contributed by atoms with Crippen LogP contribution in [0.15, 0.2) is 0 Å². The second-order valence-electron chi connectivity index (χ2n) is 6.50. The maximum absolute atomic E-state index is 12.0. The highest BCUT2D eigenvalue weighted by atomic mass is 16.2. The van der Waals surface area contributed by atoms with Crippen LogP contribution in [-0.4, -0.2) is 42.0 Å². The lowest BCUT2D eigenvalue weighted by atomic mass is 9.96. The molecule has 3 amide bonds. The molecule has 1 saturated heterocycles. The van der Waals surface area contributed by atoms with Crippen molar-refractivity contribution < 1.29 is 9.59 Å². The molecule has 5 nitrogen and oxygen atoms in total. The normalized spacial score (nSPS) is 27.4. The summed E-state index contributed by atoms with van der Waals surface area (Å²) in [5.41, 5.74) is 0. The molecule has 0 aromatic carbocycles. The molecule has 2 N–H and O–H groups in total. The number of urea groups is 1. The second-order valence-corrected chi connectivity index (χ2v) is 6.50. The Labute approximate surface area is 120 Å². The summed E-state index contributed by atoms with van der Waals surface area (Å²) >= 11 is 0. The van der Waals surface area contributed by atoms with Crippen molar-refractivity contribution in [3.05, 3.63) is 0 Å². The van der Waals surface area contributed by atoms with Gasteiger partial charge in [0.2, 0.25) is 5.91 Å². The number of nitrogens with one attached hydrogen (secondary N) is 2. The second kappa shape index (κ2) is 6.02. The molecule has 0 spiro atoms. The number of carbonyl (C=O) groups is 2. The van der Waals surface area contributed by atoms with Gasteiger partial charge in [-0.15, -0.1) is 0 Å². The number of carbonyl (C=O) groups excluding carboxylic acids is 2. The van der Waals surface area contributed by atoms with E-state index in [0.29, 0.717) is 18.5 Å². The predicted molar refractivity (Wildman–Crippen MR) is 76.2 cm³/mol. The summed E-state index contributed by atoms with van der Waals surface area (Å²) in [6.07, 6.45) is 8.92. The van der Waals surface area contributed by atoms with E-state index in [0.717, 1.165) is 38.6 Å². The van der Waals surface area contributed by atoms with Gasteiger partial charge in [-0.3, -0.25) is 4.79 Å². The predicted octanol–water partition coefficient (Wildman–Crippen LogP) is 1.63. The van der Waals surface area contributed by atoms with Gasteiger partial charge in [0, 0.05) is 31.1 Å². The van der Waals surface area contributed by atoms with Gasteiger partial charge in [0.05, 0.1) is 0 Å². The number of amides is 3. The molecule has 2 aliphatic carbocycles. The highest BCUT2D eigenvalue weighted by Crippen LogP contribution is 2.32. The number of likely N-dealkylation sites (tertiary alicyclic amines) is 1. The Kier molecular flexibility index (Phi) is 4.13. The van der Waals surface area contributed by atoms with Crippen molar-refractivity contribution in [1.29, 1.82) is 0 Å². The molecule has 1 aliphatic heterocycles. The van der Waals surface area contributed by atoms with Crippen LogP contribution < -0.4 is 10.6 Å². The van der Waals surface area contributed by atoms with Crippen LogP contribution in [-0.2, 0) is 4.79 Å². The van der Waals surface area contributed by atoms with Gasteiger partial charge in [0.25, 0.3) is 0 Å². The van der Waals surface area contributed by atoms with E-state index in [-0.39, 0.29) is 18.0 Å². The van der Waals surface area contributed by atoms with Crippen LogP contribution in [0.25, 0.3) is 0 Å². The van der Waals surface area contributed by atoms with E-state index >= 15 is 0 Å². The molecule has 3 rings (SSSR count). The van der Waals surface area contributed by atoms with Gasteiger partial charge in [-0.1, -0.05) is 19.3 Å². The molecule has 20 heavy (non-hydrogen) atoms. The van der Waals surface area contributed by atoms with Gasteiger partial charge >= 0.3 is 6.03 Å². The summed E-state index contributed by atoms with van der Waals surface area (Å²) in [6.45, 7) is 1.48. The fourth-order valence-corrected chi connectivity index (χ4v) is 3.33. The van der Waals surface area contributed by atoms with Crippen LogP contribution in [0.5, 0.6) is 0 Å².